The van der Waals surface area contributed by atoms with E-state index in [1.807, 2.05) is 42.5 Å². The summed E-state index contributed by atoms with van der Waals surface area (Å²) in [6, 6.07) is 19.5. The van der Waals surface area contributed by atoms with Gasteiger partial charge in [-0.3, -0.25) is 9.55 Å². The molecule has 0 aliphatic heterocycles. The minimum absolute atomic E-state index is 0.0905. The van der Waals surface area contributed by atoms with E-state index in [0.29, 0.717) is 22.2 Å². The number of rotatable bonds is 2. The Kier molecular flexibility index (Phi) is 3.45. The number of hydrogen-bond donors (Lipinski definition) is 3. The van der Waals surface area contributed by atoms with Gasteiger partial charge in [-0.15, -0.1) is 0 Å². The first-order chi connectivity index (χ1) is 13.6. The minimum Gasteiger partial charge on any atom is -0.507 e. The van der Waals surface area contributed by atoms with Crippen molar-refractivity contribution in [1.82, 2.24) is 14.5 Å². The first-order valence-corrected chi connectivity index (χ1v) is 8.74. The number of hydrogen-bond acceptors (Lipinski definition) is 4. The molecule has 0 aliphatic carbocycles. The van der Waals surface area contributed by atoms with E-state index in [1.165, 1.54) is 10.6 Å². The summed E-state index contributed by atoms with van der Waals surface area (Å²) in [7, 11) is 0. The molecule has 0 saturated carbocycles. The van der Waals surface area contributed by atoms with Crippen molar-refractivity contribution in [2.45, 2.75) is 0 Å². The van der Waals surface area contributed by atoms with Crippen LogP contribution in [0.15, 0.2) is 77.7 Å². The topological polar surface area (TPSA) is 91.1 Å². The largest absolute Gasteiger partial charge is 0.507 e. The summed E-state index contributed by atoms with van der Waals surface area (Å²) in [6.45, 7) is 0. The molecule has 0 radical (unpaired) electrons. The number of H-pyrrole nitrogens is 1. The van der Waals surface area contributed by atoms with Crippen molar-refractivity contribution >= 4 is 21.9 Å². The molecular weight excluding hydrogens is 354 g/mol. The Bertz CT molecular complexity index is 1410. The Labute approximate surface area is 159 Å². The highest BCUT2D eigenvalue weighted by molar-refractivity contribution is 5.95. The molecule has 2 heterocycles. The van der Waals surface area contributed by atoms with Gasteiger partial charge in [-0.1, -0.05) is 36.4 Å². The van der Waals surface area contributed by atoms with Gasteiger partial charge in [0.2, 0.25) is 0 Å². The van der Waals surface area contributed by atoms with Crippen molar-refractivity contribution in [3.05, 3.63) is 83.4 Å². The average Bonchev–Trinajstić information content (AvgIpc) is 3.04. The van der Waals surface area contributed by atoms with E-state index in [4.69, 9.17) is 0 Å². The zero-order valence-electron chi connectivity index (χ0n) is 14.6. The second-order valence-electron chi connectivity index (χ2n) is 6.52. The van der Waals surface area contributed by atoms with Crippen molar-refractivity contribution in [3.8, 4) is 28.3 Å². The molecule has 0 aliphatic rings. The highest BCUT2D eigenvalue weighted by Gasteiger charge is 2.17. The van der Waals surface area contributed by atoms with Crippen LogP contribution in [0.1, 0.15) is 0 Å². The molecule has 5 rings (SSSR count). The molecular formula is C22H15N3O3. The van der Waals surface area contributed by atoms with Crippen LogP contribution in [-0.4, -0.2) is 24.7 Å². The number of phenolic OH excluding ortho intramolecular Hbond substituents is 2. The van der Waals surface area contributed by atoms with Crippen molar-refractivity contribution in [2.24, 2.45) is 0 Å². The summed E-state index contributed by atoms with van der Waals surface area (Å²) in [5.41, 5.74) is 3.12. The quantitative estimate of drug-likeness (QED) is 0.439. The Morgan fingerprint density at radius 1 is 0.857 bits per heavy atom. The normalized spacial score (nSPS) is 11.3. The number of benzene rings is 3. The molecule has 0 saturated heterocycles. The molecule has 0 unspecified atom stereocenters. The number of imidazole rings is 1. The molecule has 3 aromatic carbocycles. The van der Waals surface area contributed by atoms with Gasteiger partial charge in [0, 0.05) is 28.8 Å². The maximum Gasteiger partial charge on any atom is 0.331 e. The predicted molar refractivity (Wildman–Crippen MR) is 108 cm³/mol. The second-order valence-corrected chi connectivity index (χ2v) is 6.52. The smallest absolute Gasteiger partial charge is 0.331 e. The second kappa shape index (κ2) is 5.99. The van der Waals surface area contributed by atoms with Gasteiger partial charge in [0.15, 0.2) is 0 Å². The van der Waals surface area contributed by atoms with Gasteiger partial charge in [-0.2, -0.15) is 0 Å². The Morgan fingerprint density at radius 3 is 2.57 bits per heavy atom. The van der Waals surface area contributed by atoms with E-state index < -0.39 is 0 Å². The lowest BCUT2D eigenvalue weighted by Gasteiger charge is -2.13. The van der Waals surface area contributed by atoms with Crippen molar-refractivity contribution in [1.29, 1.82) is 0 Å². The van der Waals surface area contributed by atoms with Crippen LogP contribution in [0.5, 0.6) is 11.5 Å². The number of nitrogens with zero attached hydrogens (tertiary/aromatic N) is 2. The minimum atomic E-state index is -0.371. The summed E-state index contributed by atoms with van der Waals surface area (Å²) in [6.07, 6.45) is 1.69. The maximum absolute atomic E-state index is 12.6. The first-order valence-electron chi connectivity index (χ1n) is 8.74. The number of aromatic nitrogens is 3. The highest BCUT2D eigenvalue weighted by Crippen LogP contribution is 2.39. The van der Waals surface area contributed by atoms with Crippen molar-refractivity contribution in [3.63, 3.8) is 0 Å². The van der Waals surface area contributed by atoms with E-state index in [-0.39, 0.29) is 22.9 Å². The fourth-order valence-electron chi connectivity index (χ4n) is 3.58. The lowest BCUT2D eigenvalue weighted by Crippen LogP contribution is -2.14. The third-order valence-electron chi connectivity index (χ3n) is 4.85. The number of pyridine rings is 1. The standard InChI is InChI=1S/C22H15N3O3/c26-19-12-20(27)18(25-17-9-2-1-8-16(17)24-22(25)28)11-15(19)14-7-3-5-13-6-4-10-23-21(13)14/h1-12,26-27H,(H,24,28). The molecule has 3 N–H and O–H groups in total. The lowest BCUT2D eigenvalue weighted by atomic mass is 10.00. The zero-order valence-corrected chi connectivity index (χ0v) is 14.6. The number of para-hydroxylation sites is 3. The molecule has 0 bridgehead atoms. The maximum atomic E-state index is 12.6. The SMILES string of the molecule is O=c1[nH]c2ccccc2n1-c1cc(-c2cccc3cccnc23)c(O)cc1O. The van der Waals surface area contributed by atoms with E-state index >= 15 is 0 Å². The van der Waals surface area contributed by atoms with Gasteiger partial charge in [-0.25, -0.2) is 4.79 Å². The lowest BCUT2D eigenvalue weighted by molar-refractivity contribution is 0.450. The molecule has 0 atom stereocenters. The summed E-state index contributed by atoms with van der Waals surface area (Å²) < 4.78 is 1.40. The van der Waals surface area contributed by atoms with Crippen LogP contribution in [0.2, 0.25) is 0 Å². The molecule has 5 aromatic rings. The van der Waals surface area contributed by atoms with Gasteiger partial charge in [0.25, 0.3) is 0 Å². The fraction of sp³-hybridized carbons (Fsp3) is 0. The molecule has 28 heavy (non-hydrogen) atoms. The van der Waals surface area contributed by atoms with Crippen LogP contribution < -0.4 is 5.69 Å². The van der Waals surface area contributed by atoms with Crippen LogP contribution in [0.4, 0.5) is 0 Å². The van der Waals surface area contributed by atoms with E-state index in [9.17, 15) is 15.0 Å². The molecule has 6 nitrogen and oxygen atoms in total. The Hall–Kier alpha value is -4.06. The van der Waals surface area contributed by atoms with Gasteiger partial charge < -0.3 is 15.2 Å². The average molecular weight is 369 g/mol. The Morgan fingerprint density at radius 2 is 1.68 bits per heavy atom. The number of fused-ring (bicyclic) bond motifs is 2. The van der Waals surface area contributed by atoms with Crippen LogP contribution in [0.3, 0.4) is 0 Å². The first kappa shape index (κ1) is 16.1. The van der Waals surface area contributed by atoms with Gasteiger partial charge in [0.05, 0.1) is 22.2 Å². The van der Waals surface area contributed by atoms with E-state index in [0.717, 1.165) is 10.9 Å². The highest BCUT2D eigenvalue weighted by atomic mass is 16.3. The third kappa shape index (κ3) is 2.35. The van der Waals surface area contributed by atoms with Crippen LogP contribution in [-0.2, 0) is 0 Å². The van der Waals surface area contributed by atoms with Gasteiger partial charge in [0.1, 0.15) is 11.5 Å². The molecule has 2 aromatic heterocycles. The number of nitrogens with one attached hydrogen (secondary N) is 1. The predicted octanol–water partition coefficient (Wildman–Crippen LogP) is 3.95. The van der Waals surface area contributed by atoms with Crippen molar-refractivity contribution in [2.75, 3.05) is 0 Å². The fourth-order valence-corrected chi connectivity index (χ4v) is 3.58. The molecule has 6 heteroatoms. The van der Waals surface area contributed by atoms with Crippen molar-refractivity contribution < 1.29 is 10.2 Å². The number of aromatic hydroxyl groups is 2. The van der Waals surface area contributed by atoms with Gasteiger partial charge in [-0.05, 0) is 24.3 Å². The molecule has 136 valence electrons. The summed E-state index contributed by atoms with van der Waals surface area (Å²) in [5, 5.41) is 21.9. The third-order valence-corrected chi connectivity index (χ3v) is 4.85. The Balaban J connectivity index is 1.83. The summed E-state index contributed by atoms with van der Waals surface area (Å²) >= 11 is 0. The summed E-state index contributed by atoms with van der Waals surface area (Å²) in [5.74, 6) is -0.284. The number of phenols is 2. The number of aromatic amines is 1. The molecule has 0 spiro atoms. The van der Waals surface area contributed by atoms with E-state index in [2.05, 4.69) is 9.97 Å². The molecule has 0 fully saturated rings. The molecule has 0 amide bonds. The van der Waals surface area contributed by atoms with Crippen LogP contribution >= 0.6 is 0 Å². The zero-order chi connectivity index (χ0) is 19.3. The van der Waals surface area contributed by atoms with Crippen LogP contribution in [0, 0.1) is 0 Å². The summed E-state index contributed by atoms with van der Waals surface area (Å²) in [4.78, 5) is 19.8. The monoisotopic (exact) mass is 369 g/mol. The van der Waals surface area contributed by atoms with Crippen LogP contribution in [0.25, 0.3) is 38.8 Å². The van der Waals surface area contributed by atoms with Gasteiger partial charge >= 0.3 is 5.69 Å². The van der Waals surface area contributed by atoms with E-state index in [1.54, 1.807) is 24.4 Å².